The molecule has 0 aliphatic heterocycles. The normalized spacial score (nSPS) is 12.2. The quantitative estimate of drug-likeness (QED) is 0.849. The molecule has 0 spiro atoms. The van der Waals surface area contributed by atoms with Gasteiger partial charge in [0.05, 0.1) is 11.6 Å². The van der Waals surface area contributed by atoms with Crippen LogP contribution in [0.15, 0.2) is 18.2 Å². The summed E-state index contributed by atoms with van der Waals surface area (Å²) in [7, 11) is 0. The van der Waals surface area contributed by atoms with E-state index in [1.807, 2.05) is 26.8 Å². The third kappa shape index (κ3) is 3.21. The Morgan fingerprint density at radius 1 is 1.24 bits per heavy atom. The maximum atomic E-state index is 13.2. The number of thiophene rings is 1. The second-order valence-corrected chi connectivity index (χ2v) is 6.38. The van der Waals surface area contributed by atoms with Gasteiger partial charge in [0, 0.05) is 21.5 Å². The van der Waals surface area contributed by atoms with Crippen LogP contribution in [0.25, 0.3) is 0 Å². The summed E-state index contributed by atoms with van der Waals surface area (Å²) in [6.07, 6.45) is 0. The Labute approximate surface area is 125 Å². The minimum Gasteiger partial charge on any atom is -0.398 e. The van der Waals surface area contributed by atoms with Crippen molar-refractivity contribution in [1.29, 1.82) is 0 Å². The van der Waals surface area contributed by atoms with Crippen LogP contribution in [0.4, 0.5) is 14.5 Å². The Kier molecular flexibility index (Phi) is 4.27. The Hall–Kier alpha value is -1.95. The van der Waals surface area contributed by atoms with Crippen LogP contribution in [-0.2, 0) is 0 Å². The number of anilines is 1. The molecule has 1 aromatic heterocycles. The van der Waals surface area contributed by atoms with Gasteiger partial charge >= 0.3 is 0 Å². The summed E-state index contributed by atoms with van der Waals surface area (Å²) in [5, 5.41) is 2.75. The fourth-order valence-electron chi connectivity index (χ4n) is 2.19. The lowest BCUT2D eigenvalue weighted by Crippen LogP contribution is -2.27. The SMILES string of the molecule is Cc1cc(C(C)NC(=O)c2cc(F)c(F)cc2N)c(C)s1. The topological polar surface area (TPSA) is 55.1 Å². The van der Waals surface area contributed by atoms with Gasteiger partial charge in [-0.2, -0.15) is 0 Å². The van der Waals surface area contributed by atoms with Crippen molar-refractivity contribution in [1.82, 2.24) is 5.32 Å². The molecule has 21 heavy (non-hydrogen) atoms. The van der Waals surface area contributed by atoms with Crippen LogP contribution >= 0.6 is 11.3 Å². The van der Waals surface area contributed by atoms with Crippen molar-refractivity contribution in [2.75, 3.05) is 5.73 Å². The number of nitrogen functional groups attached to an aromatic ring is 1. The minimum absolute atomic E-state index is 0.0645. The molecule has 3 nitrogen and oxygen atoms in total. The van der Waals surface area contributed by atoms with Crippen LogP contribution in [0.1, 0.15) is 38.6 Å². The van der Waals surface area contributed by atoms with E-state index in [1.54, 1.807) is 11.3 Å². The molecule has 0 saturated heterocycles. The fraction of sp³-hybridized carbons (Fsp3) is 0.267. The van der Waals surface area contributed by atoms with Crippen LogP contribution in [0.5, 0.6) is 0 Å². The zero-order valence-electron chi connectivity index (χ0n) is 12.0. The van der Waals surface area contributed by atoms with E-state index in [1.165, 1.54) is 0 Å². The van der Waals surface area contributed by atoms with Crippen molar-refractivity contribution in [3.05, 3.63) is 50.7 Å². The molecule has 1 atom stereocenters. The number of halogens is 2. The number of amides is 1. The number of nitrogens with one attached hydrogen (secondary N) is 1. The molecule has 0 aliphatic rings. The largest absolute Gasteiger partial charge is 0.398 e. The van der Waals surface area contributed by atoms with E-state index in [4.69, 9.17) is 5.73 Å². The maximum absolute atomic E-state index is 13.2. The van der Waals surface area contributed by atoms with Gasteiger partial charge in [0.15, 0.2) is 11.6 Å². The van der Waals surface area contributed by atoms with Gasteiger partial charge in [-0.1, -0.05) is 0 Å². The number of benzene rings is 1. The fourth-order valence-corrected chi connectivity index (χ4v) is 3.21. The van der Waals surface area contributed by atoms with E-state index in [0.29, 0.717) is 0 Å². The lowest BCUT2D eigenvalue weighted by atomic mass is 10.1. The van der Waals surface area contributed by atoms with Gasteiger partial charge in [-0.3, -0.25) is 4.79 Å². The van der Waals surface area contributed by atoms with Crippen LogP contribution < -0.4 is 11.1 Å². The average Bonchev–Trinajstić information content (AvgIpc) is 2.72. The van der Waals surface area contributed by atoms with Crippen LogP contribution in [-0.4, -0.2) is 5.91 Å². The Morgan fingerprint density at radius 2 is 1.86 bits per heavy atom. The summed E-state index contributed by atoms with van der Waals surface area (Å²) in [6, 6.07) is 3.39. The molecule has 112 valence electrons. The Bertz CT molecular complexity index is 697. The Balaban J connectivity index is 2.22. The van der Waals surface area contributed by atoms with Gasteiger partial charge < -0.3 is 11.1 Å². The van der Waals surface area contributed by atoms with E-state index in [-0.39, 0.29) is 17.3 Å². The first-order valence-corrected chi connectivity index (χ1v) is 7.23. The zero-order valence-corrected chi connectivity index (χ0v) is 12.8. The van der Waals surface area contributed by atoms with Crippen molar-refractivity contribution in [3.63, 3.8) is 0 Å². The van der Waals surface area contributed by atoms with E-state index >= 15 is 0 Å². The molecule has 1 amide bonds. The molecule has 6 heteroatoms. The molecule has 2 rings (SSSR count). The molecule has 0 bridgehead atoms. The maximum Gasteiger partial charge on any atom is 0.253 e. The monoisotopic (exact) mass is 310 g/mol. The number of nitrogens with two attached hydrogens (primary N) is 1. The molecule has 1 unspecified atom stereocenters. The zero-order chi connectivity index (χ0) is 15.7. The molecule has 0 radical (unpaired) electrons. The number of hydrogen-bond donors (Lipinski definition) is 2. The molecule has 0 saturated carbocycles. The lowest BCUT2D eigenvalue weighted by molar-refractivity contribution is 0.0940. The Morgan fingerprint density at radius 3 is 2.43 bits per heavy atom. The number of rotatable bonds is 3. The van der Waals surface area contributed by atoms with Crippen molar-refractivity contribution < 1.29 is 13.6 Å². The molecular weight excluding hydrogens is 294 g/mol. The van der Waals surface area contributed by atoms with Gasteiger partial charge in [-0.25, -0.2) is 8.78 Å². The van der Waals surface area contributed by atoms with Crippen LogP contribution in [0, 0.1) is 25.5 Å². The highest BCUT2D eigenvalue weighted by Gasteiger charge is 2.18. The summed E-state index contributed by atoms with van der Waals surface area (Å²) < 4.78 is 26.3. The highest BCUT2D eigenvalue weighted by Crippen LogP contribution is 2.26. The van der Waals surface area contributed by atoms with Crippen molar-refractivity contribution in [2.45, 2.75) is 26.8 Å². The van der Waals surface area contributed by atoms with E-state index in [2.05, 4.69) is 5.32 Å². The smallest absolute Gasteiger partial charge is 0.253 e. The summed E-state index contributed by atoms with van der Waals surface area (Å²) >= 11 is 1.64. The van der Waals surface area contributed by atoms with E-state index in [0.717, 1.165) is 27.5 Å². The summed E-state index contributed by atoms with van der Waals surface area (Å²) in [4.78, 5) is 14.4. The predicted molar refractivity (Wildman–Crippen MR) is 80.4 cm³/mol. The van der Waals surface area contributed by atoms with Crippen molar-refractivity contribution in [2.24, 2.45) is 0 Å². The third-order valence-electron chi connectivity index (χ3n) is 3.23. The minimum atomic E-state index is -1.09. The first-order valence-electron chi connectivity index (χ1n) is 6.42. The molecule has 1 aromatic carbocycles. The number of hydrogen-bond acceptors (Lipinski definition) is 3. The number of carbonyl (C=O) groups excluding carboxylic acids is 1. The molecular formula is C15H16F2N2OS. The van der Waals surface area contributed by atoms with Gasteiger partial charge in [-0.05, 0) is 38.5 Å². The van der Waals surface area contributed by atoms with Gasteiger partial charge in [0.25, 0.3) is 5.91 Å². The van der Waals surface area contributed by atoms with Crippen LogP contribution in [0.3, 0.4) is 0 Å². The first-order chi connectivity index (χ1) is 9.79. The van der Waals surface area contributed by atoms with Gasteiger partial charge in [-0.15, -0.1) is 11.3 Å². The number of aryl methyl sites for hydroxylation is 2. The summed E-state index contributed by atoms with van der Waals surface area (Å²) in [5.74, 6) is -2.69. The van der Waals surface area contributed by atoms with E-state index < -0.39 is 17.5 Å². The van der Waals surface area contributed by atoms with Gasteiger partial charge in [0.2, 0.25) is 0 Å². The lowest BCUT2D eigenvalue weighted by Gasteiger charge is -2.15. The second-order valence-electron chi connectivity index (χ2n) is 4.92. The molecule has 3 N–H and O–H groups in total. The highest BCUT2D eigenvalue weighted by atomic mass is 32.1. The average molecular weight is 310 g/mol. The molecule has 0 fully saturated rings. The standard InChI is InChI=1S/C15H16F2N2OS/c1-7-4-10(9(3)21-7)8(2)19-15(20)11-5-12(16)13(17)6-14(11)18/h4-6,8H,18H2,1-3H3,(H,19,20). The third-order valence-corrected chi connectivity index (χ3v) is 4.21. The van der Waals surface area contributed by atoms with Crippen LogP contribution in [0.2, 0.25) is 0 Å². The molecule has 1 heterocycles. The highest BCUT2D eigenvalue weighted by molar-refractivity contribution is 7.12. The van der Waals surface area contributed by atoms with Crippen molar-refractivity contribution in [3.8, 4) is 0 Å². The van der Waals surface area contributed by atoms with E-state index in [9.17, 15) is 13.6 Å². The molecule has 2 aromatic rings. The summed E-state index contributed by atoms with van der Waals surface area (Å²) in [5.41, 5.74) is 6.43. The molecule has 0 aliphatic carbocycles. The first kappa shape index (κ1) is 15.4. The van der Waals surface area contributed by atoms with Crippen molar-refractivity contribution >= 4 is 22.9 Å². The second kappa shape index (κ2) is 5.81. The van der Waals surface area contributed by atoms with Gasteiger partial charge in [0.1, 0.15) is 0 Å². The number of carbonyl (C=O) groups is 1. The summed E-state index contributed by atoms with van der Waals surface area (Å²) in [6.45, 7) is 5.80. The predicted octanol–water partition coefficient (Wildman–Crippen LogP) is 3.72.